The summed E-state index contributed by atoms with van der Waals surface area (Å²) in [6.45, 7) is 7.98. The van der Waals surface area contributed by atoms with Gasteiger partial charge in [0.2, 0.25) is 0 Å². The molecular formula is C15H16N2. The Bertz CT molecular complexity index is 547. The van der Waals surface area contributed by atoms with E-state index >= 15 is 0 Å². The van der Waals surface area contributed by atoms with Crippen LogP contribution in [-0.2, 0) is 0 Å². The summed E-state index contributed by atoms with van der Waals surface area (Å²) in [5.74, 6) is 0.903. The molecule has 0 bridgehead atoms. The molecule has 0 saturated carbocycles. The van der Waals surface area contributed by atoms with Crippen LogP contribution in [0, 0.1) is 0 Å². The smallest absolute Gasteiger partial charge is 0.138 e. The van der Waals surface area contributed by atoms with Gasteiger partial charge in [-0.3, -0.25) is 0 Å². The molecule has 2 aromatic rings. The van der Waals surface area contributed by atoms with Crippen molar-refractivity contribution in [2.24, 2.45) is 0 Å². The van der Waals surface area contributed by atoms with Crippen LogP contribution in [-0.4, -0.2) is 9.55 Å². The lowest BCUT2D eigenvalue weighted by atomic mass is 10.1. The van der Waals surface area contributed by atoms with E-state index in [1.165, 1.54) is 11.1 Å². The molecule has 1 aromatic carbocycles. The largest absolute Gasteiger partial charge is 0.307 e. The molecule has 0 amide bonds. The predicted octanol–water partition coefficient (Wildman–Crippen LogP) is 3.93. The number of imidazole rings is 1. The molecule has 0 atom stereocenters. The highest BCUT2D eigenvalue weighted by Crippen LogP contribution is 2.16. The molecule has 1 heterocycles. The van der Waals surface area contributed by atoms with E-state index in [0.29, 0.717) is 0 Å². The normalized spacial score (nSPS) is 11.5. The summed E-state index contributed by atoms with van der Waals surface area (Å²) in [4.78, 5) is 4.28. The minimum Gasteiger partial charge on any atom is -0.307 e. The number of rotatable bonds is 3. The average molecular weight is 224 g/mol. The SMILES string of the molecule is C=C(C)c1nccn1/C=C(\C)c1ccccc1. The van der Waals surface area contributed by atoms with Crippen molar-refractivity contribution in [2.45, 2.75) is 13.8 Å². The second kappa shape index (κ2) is 4.83. The van der Waals surface area contributed by atoms with Crippen molar-refractivity contribution < 1.29 is 0 Å². The Kier molecular flexibility index (Phi) is 3.24. The molecule has 17 heavy (non-hydrogen) atoms. The van der Waals surface area contributed by atoms with E-state index in [1.807, 2.05) is 35.9 Å². The third-order valence-electron chi connectivity index (χ3n) is 2.61. The van der Waals surface area contributed by atoms with Gasteiger partial charge in [0.15, 0.2) is 0 Å². The quantitative estimate of drug-likeness (QED) is 0.772. The van der Waals surface area contributed by atoms with Gasteiger partial charge in [-0.05, 0) is 30.6 Å². The molecule has 2 nitrogen and oxygen atoms in total. The zero-order chi connectivity index (χ0) is 12.3. The summed E-state index contributed by atoms with van der Waals surface area (Å²) in [5.41, 5.74) is 3.38. The van der Waals surface area contributed by atoms with Crippen molar-refractivity contribution >= 4 is 17.3 Å². The third kappa shape index (κ3) is 2.53. The Morgan fingerprint density at radius 2 is 1.94 bits per heavy atom. The molecule has 0 spiro atoms. The fourth-order valence-electron chi connectivity index (χ4n) is 1.73. The van der Waals surface area contributed by atoms with Crippen LogP contribution in [0.4, 0.5) is 0 Å². The van der Waals surface area contributed by atoms with Gasteiger partial charge >= 0.3 is 0 Å². The van der Waals surface area contributed by atoms with E-state index in [4.69, 9.17) is 0 Å². The fourth-order valence-corrected chi connectivity index (χ4v) is 1.73. The van der Waals surface area contributed by atoms with Crippen LogP contribution in [0.15, 0.2) is 49.3 Å². The second-order valence-corrected chi connectivity index (χ2v) is 4.12. The van der Waals surface area contributed by atoms with Gasteiger partial charge in [-0.15, -0.1) is 0 Å². The molecule has 86 valence electrons. The first-order valence-electron chi connectivity index (χ1n) is 5.61. The topological polar surface area (TPSA) is 17.8 Å². The molecule has 0 N–H and O–H groups in total. The van der Waals surface area contributed by atoms with Crippen LogP contribution in [0.2, 0.25) is 0 Å². The molecule has 0 fully saturated rings. The number of hydrogen-bond donors (Lipinski definition) is 0. The molecule has 2 rings (SSSR count). The highest BCUT2D eigenvalue weighted by atomic mass is 15.0. The van der Waals surface area contributed by atoms with Crippen LogP contribution in [0.3, 0.4) is 0 Å². The van der Waals surface area contributed by atoms with Crippen LogP contribution in [0.25, 0.3) is 17.3 Å². The van der Waals surface area contributed by atoms with Crippen molar-refractivity contribution in [3.8, 4) is 0 Å². The van der Waals surface area contributed by atoms with Crippen molar-refractivity contribution in [3.05, 3.63) is 60.7 Å². The minimum atomic E-state index is 0.903. The van der Waals surface area contributed by atoms with E-state index in [1.54, 1.807) is 6.20 Å². The van der Waals surface area contributed by atoms with E-state index < -0.39 is 0 Å². The van der Waals surface area contributed by atoms with Gasteiger partial charge in [0.1, 0.15) is 5.82 Å². The zero-order valence-corrected chi connectivity index (χ0v) is 10.2. The van der Waals surface area contributed by atoms with Crippen LogP contribution >= 0.6 is 0 Å². The summed E-state index contributed by atoms with van der Waals surface area (Å²) in [5, 5.41) is 0. The first-order chi connectivity index (χ1) is 8.18. The van der Waals surface area contributed by atoms with Gasteiger partial charge in [0.25, 0.3) is 0 Å². The van der Waals surface area contributed by atoms with Crippen molar-refractivity contribution in [3.63, 3.8) is 0 Å². The molecule has 0 aliphatic heterocycles. The number of aromatic nitrogens is 2. The van der Waals surface area contributed by atoms with E-state index in [0.717, 1.165) is 11.4 Å². The Balaban J connectivity index is 2.37. The van der Waals surface area contributed by atoms with Crippen LogP contribution in [0.5, 0.6) is 0 Å². The first kappa shape index (κ1) is 11.4. The lowest BCUT2D eigenvalue weighted by Gasteiger charge is -2.05. The summed E-state index contributed by atoms with van der Waals surface area (Å²) in [7, 11) is 0. The number of nitrogens with zero attached hydrogens (tertiary/aromatic N) is 2. The average Bonchev–Trinajstić information content (AvgIpc) is 2.78. The van der Waals surface area contributed by atoms with Crippen molar-refractivity contribution in [2.75, 3.05) is 0 Å². The molecule has 0 saturated heterocycles. The van der Waals surface area contributed by atoms with Gasteiger partial charge in [-0.1, -0.05) is 36.9 Å². The van der Waals surface area contributed by atoms with Gasteiger partial charge < -0.3 is 4.57 Å². The maximum atomic E-state index is 4.28. The van der Waals surface area contributed by atoms with Crippen LogP contribution < -0.4 is 0 Å². The molecule has 1 aromatic heterocycles. The number of benzene rings is 1. The Morgan fingerprint density at radius 1 is 1.24 bits per heavy atom. The highest BCUT2D eigenvalue weighted by Gasteiger charge is 2.01. The van der Waals surface area contributed by atoms with Gasteiger partial charge in [0.05, 0.1) is 0 Å². The molecule has 0 unspecified atom stereocenters. The number of hydrogen-bond acceptors (Lipinski definition) is 1. The Hall–Kier alpha value is -2.09. The minimum absolute atomic E-state index is 0.903. The predicted molar refractivity (Wildman–Crippen MR) is 73.2 cm³/mol. The molecule has 0 radical (unpaired) electrons. The lowest BCUT2D eigenvalue weighted by molar-refractivity contribution is 1.09. The van der Waals surface area contributed by atoms with E-state index in [9.17, 15) is 0 Å². The third-order valence-corrected chi connectivity index (χ3v) is 2.61. The van der Waals surface area contributed by atoms with Crippen molar-refractivity contribution in [1.82, 2.24) is 9.55 Å². The van der Waals surface area contributed by atoms with E-state index in [2.05, 4.69) is 36.8 Å². The summed E-state index contributed by atoms with van der Waals surface area (Å²) in [6.07, 6.45) is 5.81. The molecule has 0 aliphatic rings. The molecule has 0 aliphatic carbocycles. The summed E-state index contributed by atoms with van der Waals surface area (Å²) in [6, 6.07) is 10.3. The monoisotopic (exact) mass is 224 g/mol. The van der Waals surface area contributed by atoms with Gasteiger partial charge in [-0.2, -0.15) is 0 Å². The lowest BCUT2D eigenvalue weighted by Crippen LogP contribution is -1.93. The van der Waals surface area contributed by atoms with Gasteiger partial charge in [0, 0.05) is 18.6 Å². The second-order valence-electron chi connectivity index (χ2n) is 4.12. The standard InChI is InChI=1S/C15H16N2/c1-12(2)15-16-9-10-17(15)11-13(3)14-7-5-4-6-8-14/h4-11H,1H2,2-3H3/b13-11+. The first-order valence-corrected chi connectivity index (χ1v) is 5.61. The summed E-state index contributed by atoms with van der Waals surface area (Å²) < 4.78 is 2.00. The van der Waals surface area contributed by atoms with Crippen LogP contribution in [0.1, 0.15) is 25.2 Å². The maximum absolute atomic E-state index is 4.28. The fraction of sp³-hybridized carbons (Fsp3) is 0.133. The van der Waals surface area contributed by atoms with E-state index in [-0.39, 0.29) is 0 Å². The van der Waals surface area contributed by atoms with Gasteiger partial charge in [-0.25, -0.2) is 4.98 Å². The zero-order valence-electron chi connectivity index (χ0n) is 10.2. The Labute approximate surface area is 102 Å². The molecular weight excluding hydrogens is 208 g/mol. The Morgan fingerprint density at radius 3 is 2.59 bits per heavy atom. The maximum Gasteiger partial charge on any atom is 0.138 e. The summed E-state index contributed by atoms with van der Waals surface area (Å²) >= 11 is 0. The van der Waals surface area contributed by atoms with Crippen molar-refractivity contribution in [1.29, 1.82) is 0 Å². The molecule has 2 heteroatoms. The highest BCUT2D eigenvalue weighted by molar-refractivity contribution is 5.75. The number of allylic oxidation sites excluding steroid dienone is 2.